The van der Waals surface area contributed by atoms with E-state index in [1.165, 1.54) is 0 Å². The average Bonchev–Trinajstić information content (AvgIpc) is 3.16. The zero-order valence-corrected chi connectivity index (χ0v) is 12.3. The molecule has 110 valence electrons. The maximum atomic E-state index is 12.7. The molecule has 1 aliphatic rings. The number of carbonyl (C=O) groups excluding carboxylic acids is 1. The monoisotopic (exact) mass is 304 g/mol. The minimum Gasteiger partial charge on any atom is -0.338 e. The van der Waals surface area contributed by atoms with Crippen LogP contribution in [0.5, 0.6) is 0 Å². The molecule has 0 unspecified atom stereocenters. The molecule has 3 rings (SSSR count). The zero-order valence-electron chi connectivity index (χ0n) is 11.6. The smallest absolute Gasteiger partial charge is 0.257 e. The first kappa shape index (κ1) is 14.1. The Morgan fingerprint density at radius 3 is 3.00 bits per heavy atom. The first-order valence-electron chi connectivity index (χ1n) is 6.98. The molecule has 1 atom stereocenters. The molecular weight excluding hydrogens is 288 g/mol. The van der Waals surface area contributed by atoms with Crippen LogP contribution < -0.4 is 5.73 Å². The van der Waals surface area contributed by atoms with Crippen LogP contribution in [0.1, 0.15) is 16.8 Å². The van der Waals surface area contributed by atoms with Crippen LogP contribution >= 0.6 is 11.6 Å². The maximum absolute atomic E-state index is 12.7. The highest BCUT2D eigenvalue weighted by atomic mass is 35.5. The van der Waals surface area contributed by atoms with E-state index in [1.807, 2.05) is 23.1 Å². The maximum Gasteiger partial charge on any atom is 0.257 e. The number of rotatable bonds is 3. The van der Waals surface area contributed by atoms with Gasteiger partial charge in [0.25, 0.3) is 5.91 Å². The van der Waals surface area contributed by atoms with Crippen LogP contribution in [-0.4, -0.2) is 40.6 Å². The second kappa shape index (κ2) is 5.87. The number of halogens is 1. The summed E-state index contributed by atoms with van der Waals surface area (Å²) in [5, 5.41) is 7.50. The molecule has 0 spiro atoms. The minimum atomic E-state index is -0.0189. The Morgan fingerprint density at radius 2 is 2.29 bits per heavy atom. The Balaban J connectivity index is 1.89. The SMILES string of the molecule is NC[C@H]1CCN(C(=O)c2cn[nH]c2-c2ccccc2Cl)C1. The third kappa shape index (κ3) is 2.66. The lowest BCUT2D eigenvalue weighted by Gasteiger charge is -2.16. The lowest BCUT2D eigenvalue weighted by Crippen LogP contribution is -2.30. The molecule has 1 saturated heterocycles. The Kier molecular flexibility index (Phi) is 3.94. The number of H-pyrrole nitrogens is 1. The Bertz CT molecular complexity index is 655. The van der Waals surface area contributed by atoms with Gasteiger partial charge in [0.2, 0.25) is 0 Å². The molecule has 3 N–H and O–H groups in total. The molecule has 2 aromatic rings. The number of carbonyl (C=O) groups is 1. The second-order valence-electron chi connectivity index (χ2n) is 5.28. The summed E-state index contributed by atoms with van der Waals surface area (Å²) in [6, 6.07) is 7.41. The van der Waals surface area contributed by atoms with E-state index in [0.29, 0.717) is 35.3 Å². The van der Waals surface area contributed by atoms with Gasteiger partial charge in [-0.3, -0.25) is 9.89 Å². The van der Waals surface area contributed by atoms with Gasteiger partial charge in [0.1, 0.15) is 0 Å². The average molecular weight is 305 g/mol. The lowest BCUT2D eigenvalue weighted by atomic mass is 10.1. The van der Waals surface area contributed by atoms with Gasteiger partial charge in [-0.25, -0.2) is 0 Å². The van der Waals surface area contributed by atoms with Crippen molar-refractivity contribution in [2.75, 3.05) is 19.6 Å². The topological polar surface area (TPSA) is 75.0 Å². The van der Waals surface area contributed by atoms with Crippen molar-refractivity contribution >= 4 is 17.5 Å². The molecule has 1 aromatic carbocycles. The highest BCUT2D eigenvalue weighted by Gasteiger charge is 2.28. The molecule has 5 nitrogen and oxygen atoms in total. The van der Waals surface area contributed by atoms with Crippen LogP contribution in [0.4, 0.5) is 0 Å². The van der Waals surface area contributed by atoms with Gasteiger partial charge in [-0.1, -0.05) is 29.8 Å². The van der Waals surface area contributed by atoms with Gasteiger partial charge in [-0.2, -0.15) is 5.10 Å². The molecule has 1 aliphatic heterocycles. The summed E-state index contributed by atoms with van der Waals surface area (Å²) >= 11 is 6.21. The molecule has 6 heteroatoms. The predicted octanol–water partition coefficient (Wildman–Crippen LogP) is 2.15. The van der Waals surface area contributed by atoms with Crippen LogP contribution in [0.15, 0.2) is 30.5 Å². The fraction of sp³-hybridized carbons (Fsp3) is 0.333. The molecule has 1 aromatic heterocycles. The summed E-state index contributed by atoms with van der Waals surface area (Å²) in [4.78, 5) is 14.5. The van der Waals surface area contributed by atoms with Gasteiger partial charge in [-0.05, 0) is 24.9 Å². The number of nitrogens with zero attached hydrogens (tertiary/aromatic N) is 2. The molecule has 0 saturated carbocycles. The number of hydrogen-bond donors (Lipinski definition) is 2. The molecule has 2 heterocycles. The van der Waals surface area contributed by atoms with Crippen LogP contribution in [0.2, 0.25) is 5.02 Å². The summed E-state index contributed by atoms with van der Waals surface area (Å²) in [7, 11) is 0. The number of nitrogens with two attached hydrogens (primary N) is 1. The Labute approximate surface area is 128 Å². The number of nitrogens with one attached hydrogen (secondary N) is 1. The second-order valence-corrected chi connectivity index (χ2v) is 5.69. The molecular formula is C15H17ClN4O. The van der Waals surface area contributed by atoms with Gasteiger partial charge in [-0.15, -0.1) is 0 Å². The summed E-state index contributed by atoms with van der Waals surface area (Å²) in [5.41, 5.74) is 7.69. The molecule has 1 fully saturated rings. The Hall–Kier alpha value is -1.85. The van der Waals surface area contributed by atoms with Crippen molar-refractivity contribution in [2.24, 2.45) is 11.7 Å². The van der Waals surface area contributed by atoms with E-state index in [4.69, 9.17) is 17.3 Å². The van der Waals surface area contributed by atoms with E-state index in [0.717, 1.165) is 18.5 Å². The zero-order chi connectivity index (χ0) is 14.8. The fourth-order valence-electron chi connectivity index (χ4n) is 2.70. The van der Waals surface area contributed by atoms with E-state index >= 15 is 0 Å². The number of aromatic nitrogens is 2. The minimum absolute atomic E-state index is 0.0189. The highest BCUT2D eigenvalue weighted by molar-refractivity contribution is 6.33. The number of amides is 1. The highest BCUT2D eigenvalue weighted by Crippen LogP contribution is 2.30. The molecule has 21 heavy (non-hydrogen) atoms. The van der Waals surface area contributed by atoms with Gasteiger partial charge in [0.05, 0.1) is 17.5 Å². The number of hydrogen-bond acceptors (Lipinski definition) is 3. The normalized spacial score (nSPS) is 18.2. The largest absolute Gasteiger partial charge is 0.338 e. The third-order valence-electron chi connectivity index (χ3n) is 3.92. The van der Waals surface area contributed by atoms with Crippen molar-refractivity contribution in [2.45, 2.75) is 6.42 Å². The van der Waals surface area contributed by atoms with Gasteiger partial charge >= 0.3 is 0 Å². The summed E-state index contributed by atoms with van der Waals surface area (Å²) in [5.74, 6) is 0.374. The van der Waals surface area contributed by atoms with E-state index < -0.39 is 0 Å². The van der Waals surface area contributed by atoms with E-state index in [-0.39, 0.29) is 5.91 Å². The molecule has 0 bridgehead atoms. The van der Waals surface area contributed by atoms with Crippen LogP contribution in [0, 0.1) is 5.92 Å². The summed E-state index contributed by atoms with van der Waals surface area (Å²) in [6.45, 7) is 2.07. The third-order valence-corrected chi connectivity index (χ3v) is 4.25. The molecule has 0 aliphatic carbocycles. The fourth-order valence-corrected chi connectivity index (χ4v) is 2.93. The van der Waals surface area contributed by atoms with Crippen molar-refractivity contribution in [1.82, 2.24) is 15.1 Å². The van der Waals surface area contributed by atoms with E-state index in [9.17, 15) is 4.79 Å². The standard InChI is InChI=1S/C15H17ClN4O/c16-13-4-2-1-3-11(13)14-12(8-18-19-14)15(21)20-6-5-10(7-17)9-20/h1-4,8,10H,5-7,9,17H2,(H,18,19)/t10-/m1/s1. The summed E-state index contributed by atoms with van der Waals surface area (Å²) < 4.78 is 0. The van der Waals surface area contributed by atoms with Gasteiger partial charge < -0.3 is 10.6 Å². The number of aromatic amines is 1. The quantitative estimate of drug-likeness (QED) is 0.912. The van der Waals surface area contributed by atoms with Crippen LogP contribution in [0.3, 0.4) is 0 Å². The van der Waals surface area contributed by atoms with Crippen molar-refractivity contribution < 1.29 is 4.79 Å². The summed E-state index contributed by atoms with van der Waals surface area (Å²) in [6.07, 6.45) is 2.53. The van der Waals surface area contributed by atoms with Crippen molar-refractivity contribution in [3.63, 3.8) is 0 Å². The van der Waals surface area contributed by atoms with Crippen molar-refractivity contribution in [3.8, 4) is 11.3 Å². The van der Waals surface area contributed by atoms with Crippen LogP contribution in [0.25, 0.3) is 11.3 Å². The van der Waals surface area contributed by atoms with E-state index in [1.54, 1.807) is 12.3 Å². The number of likely N-dealkylation sites (tertiary alicyclic amines) is 1. The molecule has 0 radical (unpaired) electrons. The lowest BCUT2D eigenvalue weighted by molar-refractivity contribution is 0.0788. The molecule has 1 amide bonds. The first-order chi connectivity index (χ1) is 10.2. The van der Waals surface area contributed by atoms with Crippen molar-refractivity contribution in [3.05, 3.63) is 41.0 Å². The Morgan fingerprint density at radius 1 is 1.48 bits per heavy atom. The van der Waals surface area contributed by atoms with E-state index in [2.05, 4.69) is 10.2 Å². The van der Waals surface area contributed by atoms with Gasteiger partial charge in [0, 0.05) is 23.7 Å². The predicted molar refractivity (Wildman–Crippen MR) is 82.1 cm³/mol. The van der Waals surface area contributed by atoms with Crippen molar-refractivity contribution in [1.29, 1.82) is 0 Å². The number of benzene rings is 1. The van der Waals surface area contributed by atoms with Gasteiger partial charge in [0.15, 0.2) is 0 Å². The first-order valence-corrected chi connectivity index (χ1v) is 7.36. The van der Waals surface area contributed by atoms with Crippen LogP contribution in [-0.2, 0) is 0 Å².